The van der Waals surface area contributed by atoms with E-state index in [9.17, 15) is 4.79 Å². The fourth-order valence-corrected chi connectivity index (χ4v) is 2.45. The summed E-state index contributed by atoms with van der Waals surface area (Å²) in [5.41, 5.74) is 0. The second-order valence-electron chi connectivity index (χ2n) is 5.09. The summed E-state index contributed by atoms with van der Waals surface area (Å²) in [6.07, 6.45) is 7.00. The fraction of sp³-hybridized carbons (Fsp3) is 0.867. The van der Waals surface area contributed by atoms with Gasteiger partial charge in [-0.3, -0.25) is 4.79 Å². The van der Waals surface area contributed by atoms with Crippen LogP contribution in [-0.2, 0) is 4.79 Å². The molecular weight excluding hydrogens is 242 g/mol. The van der Waals surface area contributed by atoms with Crippen molar-refractivity contribution in [1.29, 1.82) is 0 Å². The summed E-state index contributed by atoms with van der Waals surface area (Å²) < 4.78 is 0. The van der Waals surface area contributed by atoms with Gasteiger partial charge in [-0.05, 0) is 25.2 Å². The number of unbranched alkanes of at least 4 members (excludes halogenated alkanes) is 2. The maximum atomic E-state index is 11.9. The van der Waals surface area contributed by atoms with Gasteiger partial charge in [0.15, 0.2) is 0 Å². The summed E-state index contributed by atoms with van der Waals surface area (Å²) in [5, 5.41) is 3.13. The summed E-state index contributed by atoms with van der Waals surface area (Å²) in [6, 6.07) is 0.0825. The van der Waals surface area contributed by atoms with E-state index < -0.39 is 0 Å². The van der Waals surface area contributed by atoms with E-state index in [1.807, 2.05) is 0 Å². The van der Waals surface area contributed by atoms with Crippen LogP contribution in [0, 0.1) is 5.92 Å². The van der Waals surface area contributed by atoms with Crippen LogP contribution in [0.15, 0.2) is 0 Å². The molecular formula is C15H29NOS. The topological polar surface area (TPSA) is 29.1 Å². The molecule has 0 fully saturated rings. The second-order valence-corrected chi connectivity index (χ2v) is 5.61. The van der Waals surface area contributed by atoms with E-state index in [2.05, 4.69) is 33.0 Å². The zero-order chi connectivity index (χ0) is 14.0. The van der Waals surface area contributed by atoms with Gasteiger partial charge in [-0.25, -0.2) is 0 Å². The molecule has 106 valence electrons. The van der Waals surface area contributed by atoms with Crippen LogP contribution in [0.1, 0.15) is 72.6 Å². The minimum atomic E-state index is 0.0825. The average molecular weight is 271 g/mol. The van der Waals surface area contributed by atoms with Gasteiger partial charge >= 0.3 is 0 Å². The average Bonchev–Trinajstić information content (AvgIpc) is 2.35. The Morgan fingerprint density at radius 1 is 1.17 bits per heavy atom. The third-order valence-corrected chi connectivity index (χ3v) is 3.87. The van der Waals surface area contributed by atoms with Crippen LogP contribution in [0.5, 0.6) is 0 Å². The fourth-order valence-electron chi connectivity index (χ4n) is 2.16. The highest BCUT2D eigenvalue weighted by Gasteiger charge is 2.21. The number of hydrogen-bond donors (Lipinski definition) is 1. The molecule has 0 heterocycles. The minimum absolute atomic E-state index is 0.0825. The molecule has 0 spiro atoms. The predicted octanol–water partition coefficient (Wildman–Crippen LogP) is 4.27. The number of carbonyl (C=O) groups excluding carboxylic acids is 1. The quantitative estimate of drug-likeness (QED) is 0.475. The first-order valence-electron chi connectivity index (χ1n) is 7.38. The molecule has 0 aliphatic rings. The Labute approximate surface area is 118 Å². The Morgan fingerprint density at radius 3 is 2.33 bits per heavy atom. The van der Waals surface area contributed by atoms with Gasteiger partial charge in [0.25, 0.3) is 0 Å². The third kappa shape index (κ3) is 7.10. The largest absolute Gasteiger partial charge is 0.349 e. The molecule has 2 nitrogen and oxygen atoms in total. The molecule has 0 aromatic heterocycles. The van der Waals surface area contributed by atoms with E-state index in [-0.39, 0.29) is 11.9 Å². The monoisotopic (exact) mass is 271 g/mol. The Kier molecular flexibility index (Phi) is 10.2. The van der Waals surface area contributed by atoms with Crippen molar-refractivity contribution < 1.29 is 4.79 Å². The molecule has 0 aliphatic heterocycles. The number of carbonyl (C=O) groups is 1. The summed E-state index contributed by atoms with van der Waals surface area (Å²) >= 11 is 5.41. The zero-order valence-electron chi connectivity index (χ0n) is 12.4. The van der Waals surface area contributed by atoms with Gasteiger partial charge in [0, 0.05) is 11.3 Å². The highest BCUT2D eigenvalue weighted by Crippen LogP contribution is 2.14. The van der Waals surface area contributed by atoms with Gasteiger partial charge in [-0.15, -0.1) is 0 Å². The van der Waals surface area contributed by atoms with Crippen molar-refractivity contribution in [3.05, 3.63) is 0 Å². The molecule has 0 aromatic rings. The SMILES string of the molecule is CCCCCC(=O)NC(C(=S)CC)C(C)CCC. The van der Waals surface area contributed by atoms with Crippen LogP contribution in [-0.4, -0.2) is 16.8 Å². The Hall–Kier alpha value is -0.440. The first kappa shape index (κ1) is 17.6. The van der Waals surface area contributed by atoms with E-state index in [0.717, 1.165) is 43.4 Å². The van der Waals surface area contributed by atoms with E-state index in [1.165, 1.54) is 0 Å². The lowest BCUT2D eigenvalue weighted by Gasteiger charge is -2.25. The molecule has 2 unspecified atom stereocenters. The maximum absolute atomic E-state index is 11.9. The van der Waals surface area contributed by atoms with E-state index in [4.69, 9.17) is 12.2 Å². The molecule has 2 atom stereocenters. The lowest BCUT2D eigenvalue weighted by Crippen LogP contribution is -2.44. The summed E-state index contributed by atoms with van der Waals surface area (Å²) in [4.78, 5) is 12.9. The highest BCUT2D eigenvalue weighted by molar-refractivity contribution is 7.80. The maximum Gasteiger partial charge on any atom is 0.220 e. The first-order chi connectivity index (χ1) is 8.56. The molecule has 1 N–H and O–H groups in total. The summed E-state index contributed by atoms with van der Waals surface area (Å²) in [7, 11) is 0. The predicted molar refractivity (Wildman–Crippen MR) is 83.0 cm³/mol. The minimum Gasteiger partial charge on any atom is -0.349 e. The number of thiocarbonyl (C=S) groups is 1. The first-order valence-corrected chi connectivity index (χ1v) is 7.79. The molecule has 0 aromatic carbocycles. The lowest BCUT2D eigenvalue weighted by atomic mass is 9.93. The Morgan fingerprint density at radius 2 is 1.83 bits per heavy atom. The third-order valence-electron chi connectivity index (χ3n) is 3.33. The van der Waals surface area contributed by atoms with Gasteiger partial charge in [-0.1, -0.05) is 59.2 Å². The van der Waals surface area contributed by atoms with Crippen molar-refractivity contribution in [3.8, 4) is 0 Å². The Bertz CT molecular complexity index is 253. The van der Waals surface area contributed by atoms with Crippen LogP contribution in [0.2, 0.25) is 0 Å². The highest BCUT2D eigenvalue weighted by atomic mass is 32.1. The molecule has 0 rings (SSSR count). The van der Waals surface area contributed by atoms with Crippen LogP contribution < -0.4 is 5.32 Å². The van der Waals surface area contributed by atoms with Crippen molar-refractivity contribution >= 4 is 23.0 Å². The number of nitrogens with one attached hydrogen (secondary N) is 1. The van der Waals surface area contributed by atoms with Crippen molar-refractivity contribution in [2.24, 2.45) is 5.92 Å². The summed E-state index contributed by atoms with van der Waals surface area (Å²) in [6.45, 7) is 8.57. The molecule has 0 saturated heterocycles. The number of hydrogen-bond acceptors (Lipinski definition) is 2. The van der Waals surface area contributed by atoms with Crippen molar-refractivity contribution in [1.82, 2.24) is 5.32 Å². The second kappa shape index (κ2) is 10.5. The van der Waals surface area contributed by atoms with E-state index in [1.54, 1.807) is 0 Å². The number of amides is 1. The van der Waals surface area contributed by atoms with Crippen LogP contribution in [0.25, 0.3) is 0 Å². The van der Waals surface area contributed by atoms with Crippen molar-refractivity contribution in [3.63, 3.8) is 0 Å². The summed E-state index contributed by atoms with van der Waals surface area (Å²) in [5.74, 6) is 0.602. The van der Waals surface area contributed by atoms with Crippen LogP contribution in [0.3, 0.4) is 0 Å². The Balaban J connectivity index is 4.31. The standard InChI is InChI=1S/C15H29NOS/c1-5-8-9-11-14(17)16-15(13(18)7-3)12(4)10-6-2/h12,15H,5-11H2,1-4H3,(H,16,17). The van der Waals surface area contributed by atoms with Gasteiger partial charge < -0.3 is 5.32 Å². The molecule has 0 aliphatic carbocycles. The molecule has 1 amide bonds. The van der Waals surface area contributed by atoms with Gasteiger partial charge in [0.1, 0.15) is 0 Å². The molecule has 18 heavy (non-hydrogen) atoms. The molecule has 0 radical (unpaired) electrons. The lowest BCUT2D eigenvalue weighted by molar-refractivity contribution is -0.121. The van der Waals surface area contributed by atoms with E-state index in [0.29, 0.717) is 12.3 Å². The van der Waals surface area contributed by atoms with Crippen molar-refractivity contribution in [2.45, 2.75) is 78.7 Å². The normalized spacial score (nSPS) is 14.0. The van der Waals surface area contributed by atoms with Gasteiger partial charge in [0.05, 0.1) is 6.04 Å². The zero-order valence-corrected chi connectivity index (χ0v) is 13.2. The smallest absolute Gasteiger partial charge is 0.220 e. The molecule has 3 heteroatoms. The van der Waals surface area contributed by atoms with Crippen LogP contribution >= 0.6 is 12.2 Å². The molecule has 0 saturated carbocycles. The van der Waals surface area contributed by atoms with Crippen LogP contribution in [0.4, 0.5) is 0 Å². The van der Waals surface area contributed by atoms with Crippen molar-refractivity contribution in [2.75, 3.05) is 0 Å². The van der Waals surface area contributed by atoms with Gasteiger partial charge in [0.2, 0.25) is 5.91 Å². The molecule has 0 bridgehead atoms. The van der Waals surface area contributed by atoms with Gasteiger partial charge in [-0.2, -0.15) is 0 Å². The van der Waals surface area contributed by atoms with E-state index >= 15 is 0 Å². The number of rotatable bonds is 10.